The molecule has 2 heterocycles. The molecule has 0 unspecified atom stereocenters. The molecule has 20 heavy (non-hydrogen) atoms. The summed E-state index contributed by atoms with van der Waals surface area (Å²) in [5.41, 5.74) is 2.17. The van der Waals surface area contributed by atoms with Gasteiger partial charge >= 0.3 is 0 Å². The number of nitrogens with zero attached hydrogens (tertiary/aromatic N) is 2. The third-order valence-electron chi connectivity index (χ3n) is 3.35. The Labute approximate surface area is 117 Å². The van der Waals surface area contributed by atoms with Crippen LogP contribution in [0.4, 0.5) is 0 Å². The summed E-state index contributed by atoms with van der Waals surface area (Å²) in [6, 6.07) is 11.9. The van der Waals surface area contributed by atoms with E-state index in [-0.39, 0.29) is 0 Å². The summed E-state index contributed by atoms with van der Waals surface area (Å²) in [4.78, 5) is 4.49. The van der Waals surface area contributed by atoms with Crippen LogP contribution in [0.3, 0.4) is 0 Å². The second kappa shape index (κ2) is 5.25. The molecule has 0 aliphatic carbocycles. The standard InChI is InChI=1S/C16H16N2O2/c1-19-14-8-7-13-10-17-16(18(13)11-14)9-12-5-3-4-6-15(12)20-2/h3-8,10-11H,9H2,1-2H3. The summed E-state index contributed by atoms with van der Waals surface area (Å²) in [7, 11) is 3.35. The Morgan fingerprint density at radius 2 is 1.90 bits per heavy atom. The zero-order chi connectivity index (χ0) is 13.9. The highest BCUT2D eigenvalue weighted by atomic mass is 16.5. The van der Waals surface area contributed by atoms with Crippen LogP contribution in [0.5, 0.6) is 11.5 Å². The largest absolute Gasteiger partial charge is 0.496 e. The number of para-hydroxylation sites is 1. The molecule has 4 heteroatoms. The minimum Gasteiger partial charge on any atom is -0.496 e. The van der Waals surface area contributed by atoms with Gasteiger partial charge in [-0.15, -0.1) is 0 Å². The van der Waals surface area contributed by atoms with E-state index < -0.39 is 0 Å². The van der Waals surface area contributed by atoms with E-state index in [0.29, 0.717) is 6.42 Å². The van der Waals surface area contributed by atoms with Gasteiger partial charge in [0.2, 0.25) is 0 Å². The van der Waals surface area contributed by atoms with Gasteiger partial charge in [0.25, 0.3) is 0 Å². The van der Waals surface area contributed by atoms with E-state index >= 15 is 0 Å². The monoisotopic (exact) mass is 268 g/mol. The SMILES string of the molecule is COc1ccc2cnc(Cc3ccccc3OC)n2c1. The Balaban J connectivity index is 2.02. The van der Waals surface area contributed by atoms with Crippen LogP contribution in [-0.2, 0) is 6.42 Å². The summed E-state index contributed by atoms with van der Waals surface area (Å²) in [6.45, 7) is 0. The summed E-state index contributed by atoms with van der Waals surface area (Å²) in [5, 5.41) is 0. The maximum absolute atomic E-state index is 5.39. The summed E-state index contributed by atoms with van der Waals surface area (Å²) in [6.07, 6.45) is 4.53. The van der Waals surface area contributed by atoms with Gasteiger partial charge in [-0.1, -0.05) is 18.2 Å². The first-order chi connectivity index (χ1) is 9.81. The molecule has 0 aliphatic rings. The fourth-order valence-electron chi connectivity index (χ4n) is 2.30. The van der Waals surface area contributed by atoms with E-state index in [4.69, 9.17) is 9.47 Å². The molecule has 2 aromatic heterocycles. The van der Waals surface area contributed by atoms with Crippen LogP contribution in [0.2, 0.25) is 0 Å². The number of rotatable bonds is 4. The van der Waals surface area contributed by atoms with Crippen LogP contribution in [-0.4, -0.2) is 23.6 Å². The molecule has 0 saturated carbocycles. The van der Waals surface area contributed by atoms with Gasteiger partial charge in [0.1, 0.15) is 17.3 Å². The van der Waals surface area contributed by atoms with E-state index in [1.165, 1.54) is 0 Å². The Hall–Kier alpha value is -2.49. The third kappa shape index (κ3) is 2.20. The number of imidazole rings is 1. The van der Waals surface area contributed by atoms with Crippen molar-refractivity contribution in [2.24, 2.45) is 0 Å². The van der Waals surface area contributed by atoms with Gasteiger partial charge in [-0.05, 0) is 18.2 Å². The number of fused-ring (bicyclic) bond motifs is 1. The first kappa shape index (κ1) is 12.5. The van der Waals surface area contributed by atoms with Gasteiger partial charge in [0, 0.05) is 12.0 Å². The normalized spacial score (nSPS) is 10.7. The van der Waals surface area contributed by atoms with Crippen molar-refractivity contribution in [3.63, 3.8) is 0 Å². The maximum Gasteiger partial charge on any atom is 0.135 e. The lowest BCUT2D eigenvalue weighted by Gasteiger charge is -2.08. The van der Waals surface area contributed by atoms with E-state index in [1.807, 2.05) is 47.1 Å². The molecular formula is C16H16N2O2. The second-order valence-corrected chi connectivity index (χ2v) is 4.53. The molecule has 3 aromatic rings. The lowest BCUT2D eigenvalue weighted by Crippen LogP contribution is -1.99. The molecule has 3 rings (SSSR count). The number of aromatic nitrogens is 2. The molecule has 1 aromatic carbocycles. The van der Waals surface area contributed by atoms with Crippen molar-refractivity contribution in [3.8, 4) is 11.5 Å². The second-order valence-electron chi connectivity index (χ2n) is 4.53. The van der Waals surface area contributed by atoms with Gasteiger partial charge < -0.3 is 9.47 Å². The van der Waals surface area contributed by atoms with Crippen LogP contribution in [0.25, 0.3) is 5.52 Å². The molecule has 0 bridgehead atoms. The minimum atomic E-state index is 0.714. The zero-order valence-electron chi connectivity index (χ0n) is 11.5. The molecule has 0 saturated heterocycles. The Kier molecular flexibility index (Phi) is 3.29. The smallest absolute Gasteiger partial charge is 0.135 e. The van der Waals surface area contributed by atoms with Crippen molar-refractivity contribution >= 4 is 5.52 Å². The first-order valence-corrected chi connectivity index (χ1v) is 6.43. The van der Waals surface area contributed by atoms with Crippen LogP contribution >= 0.6 is 0 Å². The first-order valence-electron chi connectivity index (χ1n) is 6.43. The van der Waals surface area contributed by atoms with Crippen LogP contribution < -0.4 is 9.47 Å². The summed E-state index contributed by atoms with van der Waals surface area (Å²) < 4.78 is 12.7. The lowest BCUT2D eigenvalue weighted by molar-refractivity contribution is 0.409. The van der Waals surface area contributed by atoms with Crippen LogP contribution in [0.15, 0.2) is 48.8 Å². The van der Waals surface area contributed by atoms with Crippen molar-refractivity contribution in [2.75, 3.05) is 14.2 Å². The predicted octanol–water partition coefficient (Wildman–Crippen LogP) is 2.94. The highest BCUT2D eigenvalue weighted by Gasteiger charge is 2.09. The number of methoxy groups -OCH3 is 2. The van der Waals surface area contributed by atoms with Crippen molar-refractivity contribution in [3.05, 3.63) is 60.2 Å². The maximum atomic E-state index is 5.39. The van der Waals surface area contributed by atoms with E-state index in [1.54, 1.807) is 14.2 Å². The number of pyridine rings is 1. The van der Waals surface area contributed by atoms with Gasteiger partial charge in [-0.3, -0.25) is 4.40 Å². The quantitative estimate of drug-likeness (QED) is 0.730. The van der Waals surface area contributed by atoms with Crippen molar-refractivity contribution < 1.29 is 9.47 Å². The molecule has 0 spiro atoms. The molecule has 0 amide bonds. The molecule has 0 aliphatic heterocycles. The van der Waals surface area contributed by atoms with E-state index in [0.717, 1.165) is 28.4 Å². The van der Waals surface area contributed by atoms with Crippen molar-refractivity contribution in [1.82, 2.24) is 9.38 Å². The molecule has 0 atom stereocenters. The number of benzene rings is 1. The molecular weight excluding hydrogens is 252 g/mol. The molecule has 0 fully saturated rings. The average Bonchev–Trinajstić information content (AvgIpc) is 2.90. The molecule has 102 valence electrons. The highest BCUT2D eigenvalue weighted by molar-refractivity contribution is 5.49. The van der Waals surface area contributed by atoms with Gasteiger partial charge in [0.15, 0.2) is 0 Å². The predicted molar refractivity (Wildman–Crippen MR) is 77.5 cm³/mol. The fraction of sp³-hybridized carbons (Fsp3) is 0.188. The van der Waals surface area contributed by atoms with Gasteiger partial charge in [0.05, 0.1) is 32.1 Å². The van der Waals surface area contributed by atoms with Crippen molar-refractivity contribution in [1.29, 1.82) is 0 Å². The average molecular weight is 268 g/mol. The van der Waals surface area contributed by atoms with Crippen LogP contribution in [0.1, 0.15) is 11.4 Å². The third-order valence-corrected chi connectivity index (χ3v) is 3.35. The molecule has 4 nitrogen and oxygen atoms in total. The fourth-order valence-corrected chi connectivity index (χ4v) is 2.30. The van der Waals surface area contributed by atoms with Crippen LogP contribution in [0, 0.1) is 0 Å². The van der Waals surface area contributed by atoms with E-state index in [2.05, 4.69) is 11.1 Å². The number of hydrogen-bond acceptors (Lipinski definition) is 3. The topological polar surface area (TPSA) is 35.8 Å². The summed E-state index contributed by atoms with van der Waals surface area (Å²) in [5.74, 6) is 2.66. The highest BCUT2D eigenvalue weighted by Crippen LogP contribution is 2.22. The van der Waals surface area contributed by atoms with Crippen molar-refractivity contribution in [2.45, 2.75) is 6.42 Å². The zero-order valence-corrected chi connectivity index (χ0v) is 11.5. The van der Waals surface area contributed by atoms with Gasteiger partial charge in [-0.2, -0.15) is 0 Å². The summed E-state index contributed by atoms with van der Waals surface area (Å²) >= 11 is 0. The van der Waals surface area contributed by atoms with Gasteiger partial charge in [-0.25, -0.2) is 4.98 Å². The number of hydrogen-bond donors (Lipinski definition) is 0. The number of ether oxygens (including phenoxy) is 2. The van der Waals surface area contributed by atoms with E-state index in [9.17, 15) is 0 Å². The lowest BCUT2D eigenvalue weighted by atomic mass is 10.1. The minimum absolute atomic E-state index is 0.714. The Bertz CT molecular complexity index is 734. The molecule has 0 N–H and O–H groups in total. The Morgan fingerprint density at radius 1 is 1.05 bits per heavy atom. The Morgan fingerprint density at radius 3 is 2.70 bits per heavy atom. The molecule has 0 radical (unpaired) electrons.